The van der Waals surface area contributed by atoms with E-state index in [1.807, 2.05) is 0 Å². The number of carbonyl (C=O) groups excluding carboxylic acids is 2. The number of oxime groups is 1. The number of nitrogens with zero attached hydrogens (tertiary/aromatic N) is 3. The first-order valence-corrected chi connectivity index (χ1v) is 7.81. The third kappa shape index (κ3) is 2.38. The third-order valence-electron chi connectivity index (χ3n) is 4.58. The fraction of sp³-hybridized carbons (Fsp3) is 0.600. The van der Waals surface area contributed by atoms with Gasteiger partial charge in [0.05, 0.1) is 18.2 Å². The number of aryl methyl sites for hydroxylation is 2. The van der Waals surface area contributed by atoms with Gasteiger partial charge in [0.25, 0.3) is 11.8 Å². The summed E-state index contributed by atoms with van der Waals surface area (Å²) in [4.78, 5) is 31.9. The standard InChI is InChI=1S/C15H18N4O4/c1-7-12(8(2)22-17-7)15(21)19-5-10-11(6-19)23-18-13(10)14(20)16-9-3-4-9/h9-11H,3-6H2,1-2H3,(H,16,20)/t10-,11+/m0/s1. The highest BCUT2D eigenvalue weighted by Crippen LogP contribution is 2.30. The summed E-state index contributed by atoms with van der Waals surface area (Å²) in [5, 5.41) is 10.7. The number of nitrogens with one attached hydrogen (secondary N) is 1. The second-order valence-corrected chi connectivity index (χ2v) is 6.38. The Morgan fingerprint density at radius 1 is 1.26 bits per heavy atom. The summed E-state index contributed by atoms with van der Waals surface area (Å²) in [6, 6.07) is 0.269. The number of hydrogen-bond acceptors (Lipinski definition) is 6. The largest absolute Gasteiger partial charge is 0.389 e. The van der Waals surface area contributed by atoms with Gasteiger partial charge in [-0.1, -0.05) is 10.3 Å². The van der Waals surface area contributed by atoms with Gasteiger partial charge in [0.15, 0.2) is 11.8 Å². The summed E-state index contributed by atoms with van der Waals surface area (Å²) in [6.45, 7) is 4.30. The van der Waals surface area contributed by atoms with Gasteiger partial charge in [0.2, 0.25) is 0 Å². The maximum atomic E-state index is 12.7. The van der Waals surface area contributed by atoms with Gasteiger partial charge in [0.1, 0.15) is 11.3 Å². The Bertz CT molecular complexity index is 687. The normalized spacial score (nSPS) is 25.8. The zero-order valence-electron chi connectivity index (χ0n) is 13.0. The fourth-order valence-corrected chi connectivity index (χ4v) is 3.14. The number of amides is 2. The molecule has 1 saturated heterocycles. The molecule has 122 valence electrons. The Morgan fingerprint density at radius 3 is 2.70 bits per heavy atom. The molecule has 2 amide bonds. The Labute approximate surface area is 132 Å². The van der Waals surface area contributed by atoms with Crippen molar-refractivity contribution in [3.05, 3.63) is 17.0 Å². The molecule has 2 atom stereocenters. The van der Waals surface area contributed by atoms with Crippen LogP contribution in [0.1, 0.15) is 34.7 Å². The monoisotopic (exact) mass is 318 g/mol. The Balaban J connectivity index is 1.48. The van der Waals surface area contributed by atoms with Crippen LogP contribution < -0.4 is 5.32 Å². The third-order valence-corrected chi connectivity index (χ3v) is 4.58. The van der Waals surface area contributed by atoms with Crippen molar-refractivity contribution in [1.29, 1.82) is 0 Å². The van der Waals surface area contributed by atoms with E-state index in [1.165, 1.54) is 0 Å². The molecule has 1 aliphatic carbocycles. The maximum absolute atomic E-state index is 12.7. The summed E-state index contributed by atoms with van der Waals surface area (Å²) >= 11 is 0. The van der Waals surface area contributed by atoms with Crippen molar-refractivity contribution in [3.8, 4) is 0 Å². The SMILES string of the molecule is Cc1noc(C)c1C(=O)N1C[C@@H]2C(C(=O)NC3CC3)=NO[C@@H]2C1. The molecule has 3 heterocycles. The van der Waals surface area contributed by atoms with Crippen LogP contribution in [0.2, 0.25) is 0 Å². The average Bonchev–Trinajstić information content (AvgIpc) is 2.94. The van der Waals surface area contributed by atoms with Gasteiger partial charge >= 0.3 is 0 Å². The van der Waals surface area contributed by atoms with Crippen LogP contribution in [0.4, 0.5) is 0 Å². The lowest BCUT2D eigenvalue weighted by Crippen LogP contribution is -2.38. The highest BCUT2D eigenvalue weighted by molar-refractivity contribution is 6.40. The van der Waals surface area contributed by atoms with Gasteiger partial charge in [-0.25, -0.2) is 0 Å². The molecule has 1 saturated carbocycles. The lowest BCUT2D eigenvalue weighted by molar-refractivity contribution is -0.115. The van der Waals surface area contributed by atoms with E-state index in [9.17, 15) is 9.59 Å². The Hall–Kier alpha value is -2.38. The van der Waals surface area contributed by atoms with E-state index >= 15 is 0 Å². The van der Waals surface area contributed by atoms with Crippen LogP contribution in [0.25, 0.3) is 0 Å². The number of fused-ring (bicyclic) bond motifs is 1. The number of likely N-dealkylation sites (tertiary alicyclic amines) is 1. The molecule has 0 bridgehead atoms. The molecular formula is C15H18N4O4. The Morgan fingerprint density at radius 2 is 2.04 bits per heavy atom. The highest BCUT2D eigenvalue weighted by atomic mass is 16.6. The highest BCUT2D eigenvalue weighted by Gasteiger charge is 2.47. The summed E-state index contributed by atoms with van der Waals surface area (Å²) in [6.07, 6.45) is 1.79. The zero-order valence-corrected chi connectivity index (χ0v) is 13.0. The van der Waals surface area contributed by atoms with Crippen molar-refractivity contribution in [2.24, 2.45) is 11.1 Å². The predicted octanol–water partition coefficient (Wildman–Crippen LogP) is 0.397. The average molecular weight is 318 g/mol. The van der Waals surface area contributed by atoms with Crippen molar-refractivity contribution in [1.82, 2.24) is 15.4 Å². The molecule has 4 rings (SSSR count). The summed E-state index contributed by atoms with van der Waals surface area (Å²) < 4.78 is 5.06. The van der Waals surface area contributed by atoms with Crippen LogP contribution >= 0.6 is 0 Å². The second kappa shape index (κ2) is 5.07. The van der Waals surface area contributed by atoms with Crippen LogP contribution in [0.5, 0.6) is 0 Å². The molecule has 0 spiro atoms. The van der Waals surface area contributed by atoms with E-state index < -0.39 is 0 Å². The first kappa shape index (κ1) is 14.2. The second-order valence-electron chi connectivity index (χ2n) is 6.38. The zero-order chi connectivity index (χ0) is 16.1. The molecule has 2 fully saturated rings. The van der Waals surface area contributed by atoms with Gasteiger partial charge in [-0.3, -0.25) is 9.59 Å². The minimum Gasteiger partial charge on any atom is -0.389 e. The molecule has 1 aromatic heterocycles. The number of aromatic nitrogens is 1. The van der Waals surface area contributed by atoms with E-state index in [2.05, 4.69) is 15.6 Å². The van der Waals surface area contributed by atoms with Crippen molar-refractivity contribution < 1.29 is 18.9 Å². The summed E-state index contributed by atoms with van der Waals surface area (Å²) in [7, 11) is 0. The van der Waals surface area contributed by atoms with Gasteiger partial charge in [-0.15, -0.1) is 0 Å². The van der Waals surface area contributed by atoms with Crippen molar-refractivity contribution in [3.63, 3.8) is 0 Å². The van der Waals surface area contributed by atoms with Gasteiger partial charge < -0.3 is 19.6 Å². The molecule has 8 heteroatoms. The summed E-state index contributed by atoms with van der Waals surface area (Å²) in [5.41, 5.74) is 1.47. The molecule has 2 aliphatic heterocycles. The molecule has 1 aromatic rings. The van der Waals surface area contributed by atoms with Gasteiger partial charge in [-0.2, -0.15) is 0 Å². The number of hydrogen-bond donors (Lipinski definition) is 1. The van der Waals surface area contributed by atoms with E-state index in [4.69, 9.17) is 9.36 Å². The first-order chi connectivity index (χ1) is 11.0. The van der Waals surface area contributed by atoms with Gasteiger partial charge in [-0.05, 0) is 26.7 Å². The van der Waals surface area contributed by atoms with Crippen LogP contribution in [0, 0.1) is 19.8 Å². The number of carbonyl (C=O) groups is 2. The van der Waals surface area contributed by atoms with E-state index in [1.54, 1.807) is 18.7 Å². The first-order valence-electron chi connectivity index (χ1n) is 7.81. The van der Waals surface area contributed by atoms with Crippen molar-refractivity contribution in [2.75, 3.05) is 13.1 Å². The van der Waals surface area contributed by atoms with Gasteiger partial charge in [0, 0.05) is 12.6 Å². The molecule has 23 heavy (non-hydrogen) atoms. The van der Waals surface area contributed by atoms with Crippen molar-refractivity contribution >= 4 is 17.5 Å². The van der Waals surface area contributed by atoms with Crippen LogP contribution in [-0.2, 0) is 9.63 Å². The van der Waals surface area contributed by atoms with Crippen LogP contribution in [0.15, 0.2) is 9.68 Å². The summed E-state index contributed by atoms with van der Waals surface area (Å²) in [5.74, 6) is 0.0249. The maximum Gasteiger partial charge on any atom is 0.269 e. The van der Waals surface area contributed by atoms with E-state index in [0.29, 0.717) is 35.8 Å². The molecule has 1 N–H and O–H groups in total. The topological polar surface area (TPSA) is 97.0 Å². The molecule has 8 nitrogen and oxygen atoms in total. The molecular weight excluding hydrogens is 300 g/mol. The van der Waals surface area contributed by atoms with Crippen molar-refractivity contribution in [2.45, 2.75) is 38.8 Å². The smallest absolute Gasteiger partial charge is 0.269 e. The molecule has 0 unspecified atom stereocenters. The lowest BCUT2D eigenvalue weighted by Gasteiger charge is -2.16. The Kier molecular flexibility index (Phi) is 3.14. The lowest BCUT2D eigenvalue weighted by atomic mass is 10.0. The quantitative estimate of drug-likeness (QED) is 0.870. The van der Waals surface area contributed by atoms with Crippen LogP contribution in [0.3, 0.4) is 0 Å². The molecule has 0 radical (unpaired) electrons. The minimum absolute atomic E-state index is 0.138. The molecule has 0 aromatic carbocycles. The fourth-order valence-electron chi connectivity index (χ4n) is 3.14. The van der Waals surface area contributed by atoms with Crippen LogP contribution in [-0.4, -0.2) is 52.8 Å². The minimum atomic E-state index is -0.251. The van der Waals surface area contributed by atoms with E-state index in [-0.39, 0.29) is 29.9 Å². The van der Waals surface area contributed by atoms with E-state index in [0.717, 1.165) is 12.8 Å². The number of rotatable bonds is 3. The molecule has 3 aliphatic rings. The predicted molar refractivity (Wildman–Crippen MR) is 78.8 cm³/mol.